The summed E-state index contributed by atoms with van der Waals surface area (Å²) in [5, 5.41) is 16.4. The van der Waals surface area contributed by atoms with E-state index in [9.17, 15) is 0 Å². The van der Waals surface area contributed by atoms with Gasteiger partial charge < -0.3 is 27.4 Å². The molecule has 692 valence electrons. The molecular weight excluding hydrogens is 1800 g/mol. The predicted octanol–water partition coefficient (Wildman–Crippen LogP) is 34.5. The third-order valence-electron chi connectivity index (χ3n) is 29.1. The van der Waals surface area contributed by atoms with Crippen LogP contribution in [0.15, 0.2) is 534 Å². The summed E-state index contributed by atoms with van der Waals surface area (Å²) in [7, 11) is 0. The Hall–Kier alpha value is -20.1. The fraction of sp³-hybridized carbons (Fsp3) is 0. The molecule has 0 aliphatic rings. The van der Waals surface area contributed by atoms with Crippen LogP contribution in [0.1, 0.15) is 0 Å². The molecule has 0 aliphatic carbocycles. The Bertz CT molecular complexity index is 10400. The minimum atomic E-state index is 0.699. The van der Waals surface area contributed by atoms with Crippen molar-refractivity contribution in [2.75, 3.05) is 0 Å². The first-order chi connectivity index (χ1) is 73.4. The predicted molar refractivity (Wildman–Crippen MR) is 613 cm³/mol. The molecule has 0 saturated heterocycles. The fourth-order valence-electron chi connectivity index (χ4n) is 22.3. The summed E-state index contributed by atoms with van der Waals surface area (Å²) in [6.07, 6.45) is 6.53. The molecule has 12 heteroatoms. The number of hydrogen-bond acceptors (Lipinski definition) is 6. The highest BCUT2D eigenvalue weighted by Gasteiger charge is 2.26. The van der Waals surface area contributed by atoms with Crippen LogP contribution in [-0.2, 0) is 0 Å². The lowest BCUT2D eigenvalue weighted by atomic mass is 9.95. The molecule has 0 saturated carbocycles. The lowest BCUT2D eigenvalue weighted by Crippen LogP contribution is -1.98. The molecule has 0 bridgehead atoms. The first-order valence-corrected chi connectivity index (χ1v) is 50.1. The van der Waals surface area contributed by atoms with Gasteiger partial charge in [0.25, 0.3) is 0 Å². The second kappa shape index (κ2) is 36.2. The summed E-state index contributed by atoms with van der Waals surface area (Å²) in [4.78, 5) is 31.1. The smallest absolute Gasteiger partial charge is 0.160 e. The van der Waals surface area contributed by atoms with Gasteiger partial charge in [-0.15, -0.1) is 0 Å². The van der Waals surface area contributed by atoms with Gasteiger partial charge in [-0.05, 0) is 203 Å². The maximum atomic E-state index is 5.33. The maximum absolute atomic E-state index is 5.33. The third-order valence-corrected chi connectivity index (χ3v) is 29.1. The first kappa shape index (κ1) is 85.9. The highest BCUT2D eigenvalue weighted by Crippen LogP contribution is 2.47. The van der Waals surface area contributed by atoms with Gasteiger partial charge in [-0.2, -0.15) is 0 Å². The van der Waals surface area contributed by atoms with Crippen LogP contribution in [0, 0.1) is 0 Å². The quantitative estimate of drug-likeness (QED) is 0.107. The Labute approximate surface area is 851 Å². The van der Waals surface area contributed by atoms with Gasteiger partial charge in [0.1, 0.15) is 0 Å². The van der Waals surface area contributed by atoms with Crippen LogP contribution in [0.25, 0.3) is 266 Å². The van der Waals surface area contributed by atoms with E-state index in [1.807, 2.05) is 24.3 Å². The van der Waals surface area contributed by atoms with Gasteiger partial charge in [0.2, 0.25) is 0 Å². The van der Waals surface area contributed by atoms with E-state index in [0.29, 0.717) is 11.6 Å². The second-order valence-electron chi connectivity index (χ2n) is 37.6. The van der Waals surface area contributed by atoms with Gasteiger partial charge in [-0.1, -0.05) is 346 Å². The Kier molecular flexibility index (Phi) is 21.0. The lowest BCUT2D eigenvalue weighted by Gasteiger charge is -2.14. The van der Waals surface area contributed by atoms with Gasteiger partial charge in [-0.25, -0.2) is 29.9 Å². The van der Waals surface area contributed by atoms with E-state index in [1.54, 1.807) is 0 Å². The topological polar surface area (TPSA) is 107 Å². The number of hydrogen-bond donors (Lipinski definition) is 0. The molecule has 0 N–H and O–H groups in total. The minimum Gasteiger partial charge on any atom is -0.316 e. The molecule has 0 atom stereocenters. The van der Waals surface area contributed by atoms with Crippen LogP contribution in [0.5, 0.6) is 0 Å². The first-order valence-electron chi connectivity index (χ1n) is 50.1. The molecular formula is C136H88N12. The zero-order valence-corrected chi connectivity index (χ0v) is 80.2. The van der Waals surface area contributed by atoms with Crippen molar-refractivity contribution >= 4 is 142 Å². The van der Waals surface area contributed by atoms with Crippen LogP contribution in [0.2, 0.25) is 0 Å². The van der Waals surface area contributed by atoms with E-state index in [-0.39, 0.29) is 0 Å². The van der Waals surface area contributed by atoms with E-state index in [1.165, 1.54) is 98.0 Å². The highest BCUT2D eigenvalue weighted by molar-refractivity contribution is 6.23. The van der Waals surface area contributed by atoms with Crippen LogP contribution in [-0.4, -0.2) is 57.3 Å². The monoisotopic (exact) mass is 1890 g/mol. The molecule has 0 radical (unpaired) electrons. The summed E-state index contributed by atoms with van der Waals surface area (Å²) in [6, 6.07) is 182. The van der Waals surface area contributed by atoms with E-state index in [4.69, 9.17) is 29.9 Å². The highest BCUT2D eigenvalue weighted by atomic mass is 15.0. The van der Waals surface area contributed by atoms with E-state index >= 15 is 0 Å². The van der Waals surface area contributed by atoms with Crippen molar-refractivity contribution in [3.05, 3.63) is 534 Å². The summed E-state index contributed by atoms with van der Waals surface area (Å²) >= 11 is 0. The molecule has 0 fully saturated rings. The number of rotatable bonds is 14. The Balaban J connectivity index is 0.000000108. The zero-order valence-electron chi connectivity index (χ0n) is 80.2. The molecule has 30 aromatic rings. The van der Waals surface area contributed by atoms with E-state index in [0.717, 1.165) is 156 Å². The number of para-hydroxylation sites is 9. The number of nitrogens with zero attached hydrogens (tertiary/aromatic N) is 12. The molecule has 9 heterocycles. The van der Waals surface area contributed by atoms with Crippen molar-refractivity contribution in [1.29, 1.82) is 0 Å². The molecule has 0 unspecified atom stereocenters. The Morgan fingerprint density at radius 1 is 0.149 bits per heavy atom. The van der Waals surface area contributed by atoms with Crippen molar-refractivity contribution in [3.8, 4) is 124 Å². The van der Waals surface area contributed by atoms with Crippen LogP contribution in [0.4, 0.5) is 0 Å². The molecule has 0 spiro atoms. The number of fused-ring (bicyclic) bond motifs is 19. The average Bonchev–Trinajstić information content (AvgIpc) is 1.57. The molecule has 148 heavy (non-hydrogen) atoms. The van der Waals surface area contributed by atoms with Crippen molar-refractivity contribution < 1.29 is 0 Å². The molecule has 0 amide bonds. The largest absolute Gasteiger partial charge is 0.316 e. The van der Waals surface area contributed by atoms with Gasteiger partial charge in [0.15, 0.2) is 17.5 Å². The number of benzene rings is 21. The fourth-order valence-corrected chi connectivity index (χ4v) is 22.3. The third kappa shape index (κ3) is 14.8. The van der Waals surface area contributed by atoms with Gasteiger partial charge >= 0.3 is 0 Å². The summed E-state index contributed by atoms with van der Waals surface area (Å²) in [6.45, 7) is 0. The summed E-state index contributed by atoms with van der Waals surface area (Å²) in [5.74, 6) is 2.13. The minimum absolute atomic E-state index is 0.699. The van der Waals surface area contributed by atoms with Crippen molar-refractivity contribution in [2.45, 2.75) is 0 Å². The Morgan fingerprint density at radius 2 is 0.500 bits per heavy atom. The zero-order chi connectivity index (χ0) is 97.6. The van der Waals surface area contributed by atoms with Crippen molar-refractivity contribution in [1.82, 2.24) is 57.3 Å². The van der Waals surface area contributed by atoms with Crippen molar-refractivity contribution in [2.24, 2.45) is 0 Å². The normalized spacial score (nSPS) is 11.6. The number of aromatic nitrogens is 12. The molecule has 9 aromatic heterocycles. The van der Waals surface area contributed by atoms with E-state index < -0.39 is 0 Å². The standard InChI is InChI=1S/C50H32N4.C46H30N4.C40H26N4/c1-3-14-37(15-4-1)53-31-30-43-46(53)29-27-41-44-32-36(26-28-47(44)54(49(41)43)38-16-5-2-6-17-38)50-51-45-21-10-9-19-42(45)48(52-50)35-24-22-34(23-25-35)40-20-11-13-33-12-7-8-18-39(33)40;1-3-14-31(15-4-1)36-20-7-8-21-37(36)44-38-22-9-11-24-40(38)47-46(48-44)33-16-13-19-35(30-33)50-41-25-12-10-23-39(41)43-42(50)27-26-32-28-29-49(45(32)43)34-17-5-2-6-18-34;1-4-12-27(13-5-1)38-32-18-10-11-19-35(32)41-40(42-38)28-20-22-37-34(26-28)31-21-23-36-33(24-25-43(36)29-14-6-2-7-15-29)39(31)44(37)30-16-8-3-9-17-30/h1-32H;1-30H;1-26H. The second-order valence-corrected chi connectivity index (χ2v) is 37.6. The van der Waals surface area contributed by atoms with E-state index in [2.05, 4.69) is 537 Å². The average molecular weight is 1890 g/mol. The van der Waals surface area contributed by atoms with Crippen LogP contribution >= 0.6 is 0 Å². The van der Waals surface area contributed by atoms with Crippen molar-refractivity contribution in [3.63, 3.8) is 0 Å². The molecule has 0 aliphatic heterocycles. The molecule has 12 nitrogen and oxygen atoms in total. The maximum Gasteiger partial charge on any atom is 0.160 e. The van der Waals surface area contributed by atoms with Gasteiger partial charge in [-0.3, -0.25) is 0 Å². The molecule has 21 aromatic carbocycles. The molecule has 30 rings (SSSR count). The SMILES string of the molecule is c1ccc(-c2ccccc2-c2nc(-c3cccc(-n4c5ccccc5c5c6c(ccc54)ccn6-c4ccccc4)c3)nc3ccccc23)cc1.c1ccc(-c2nc(-c3ccc4c(c3)c3ccc5c(ccn5-c5ccccc5)c3n4-c3ccccc3)nc3ccccc23)cc1.c1ccc(-n2ccc3c2ccc2c4cc(-c5nc(-c6ccc(-c7cccc8ccccc78)cc6)c6ccccc6n5)ccc4n(-c4ccccc4)c23)cc1. The van der Waals surface area contributed by atoms with Crippen LogP contribution in [0.3, 0.4) is 0 Å². The lowest BCUT2D eigenvalue weighted by molar-refractivity contribution is 1.13. The van der Waals surface area contributed by atoms with Gasteiger partial charge in [0.05, 0.1) is 83.3 Å². The summed E-state index contributed by atoms with van der Waals surface area (Å²) < 4.78 is 14.0. The summed E-state index contributed by atoms with van der Waals surface area (Å²) in [5.41, 5.74) is 33.8. The van der Waals surface area contributed by atoms with Crippen LogP contribution < -0.4 is 0 Å². The van der Waals surface area contributed by atoms with Gasteiger partial charge in [0, 0.05) is 151 Å². The Morgan fingerprint density at radius 3 is 1.04 bits per heavy atom.